The molecule has 0 bridgehead atoms. The van der Waals surface area contributed by atoms with Crippen molar-refractivity contribution in [2.45, 2.75) is 25.2 Å². The summed E-state index contributed by atoms with van der Waals surface area (Å²) in [5.74, 6) is -1.62. The number of carboxylic acid groups (broad SMARTS) is 1. The van der Waals surface area contributed by atoms with Gasteiger partial charge in [-0.05, 0) is 31.4 Å². The van der Waals surface area contributed by atoms with Crippen molar-refractivity contribution < 1.29 is 14.7 Å². The number of nitrogens with zero attached hydrogens (tertiary/aromatic N) is 1. The molecule has 3 rings (SSSR count). The number of nitrogens with one attached hydrogen (secondary N) is 1. The van der Waals surface area contributed by atoms with Crippen molar-refractivity contribution in [1.82, 2.24) is 4.98 Å². The zero-order valence-corrected chi connectivity index (χ0v) is 12.0. The van der Waals surface area contributed by atoms with Gasteiger partial charge in [-0.25, -0.2) is 4.98 Å². The van der Waals surface area contributed by atoms with E-state index in [4.69, 9.17) is 0 Å². The van der Waals surface area contributed by atoms with Gasteiger partial charge in [-0.3, -0.25) is 14.9 Å². The molecule has 1 atom stereocenters. The second-order valence-electron chi connectivity index (χ2n) is 4.93. The molecule has 0 radical (unpaired) electrons. The van der Waals surface area contributed by atoms with Crippen LogP contribution in [0.15, 0.2) is 30.3 Å². The van der Waals surface area contributed by atoms with Gasteiger partial charge < -0.3 is 5.11 Å². The van der Waals surface area contributed by atoms with Crippen LogP contribution in [0, 0.1) is 0 Å². The van der Waals surface area contributed by atoms with Crippen molar-refractivity contribution in [1.29, 1.82) is 0 Å². The minimum Gasteiger partial charge on any atom is -0.481 e. The van der Waals surface area contributed by atoms with Crippen molar-refractivity contribution in [3.8, 4) is 0 Å². The average molecular weight is 302 g/mol. The number of hydrogen-bond donors (Lipinski definition) is 2. The van der Waals surface area contributed by atoms with Gasteiger partial charge in [-0.2, -0.15) is 0 Å². The third-order valence-corrected chi connectivity index (χ3v) is 4.56. The van der Waals surface area contributed by atoms with E-state index in [9.17, 15) is 14.7 Å². The van der Waals surface area contributed by atoms with E-state index in [-0.39, 0.29) is 5.91 Å². The number of benzene rings is 1. The summed E-state index contributed by atoms with van der Waals surface area (Å²) in [4.78, 5) is 28.6. The van der Waals surface area contributed by atoms with Gasteiger partial charge in [-0.1, -0.05) is 18.2 Å². The molecule has 0 saturated carbocycles. The van der Waals surface area contributed by atoms with Crippen LogP contribution >= 0.6 is 11.3 Å². The first-order valence-corrected chi connectivity index (χ1v) is 7.55. The first-order chi connectivity index (χ1) is 10.1. The summed E-state index contributed by atoms with van der Waals surface area (Å²) in [5, 5.41) is 12.5. The highest BCUT2D eigenvalue weighted by molar-refractivity contribution is 7.15. The van der Waals surface area contributed by atoms with Gasteiger partial charge in [0.2, 0.25) is 0 Å². The second-order valence-corrected chi connectivity index (χ2v) is 6.01. The molecule has 2 N–H and O–H groups in total. The maximum Gasteiger partial charge on any atom is 0.312 e. The van der Waals surface area contributed by atoms with Crippen LogP contribution in [0.4, 0.5) is 5.13 Å². The van der Waals surface area contributed by atoms with Gasteiger partial charge in [0.25, 0.3) is 5.91 Å². The maximum atomic E-state index is 12.1. The molecule has 1 aliphatic rings. The predicted molar refractivity (Wildman–Crippen MR) is 79.8 cm³/mol. The van der Waals surface area contributed by atoms with E-state index in [0.717, 1.165) is 17.7 Å². The molecule has 108 valence electrons. The monoisotopic (exact) mass is 302 g/mol. The number of thiazole rings is 1. The number of anilines is 1. The molecule has 1 heterocycles. The zero-order valence-electron chi connectivity index (χ0n) is 11.2. The van der Waals surface area contributed by atoms with Gasteiger partial charge in [0.1, 0.15) is 5.92 Å². The lowest BCUT2D eigenvalue weighted by atomic mass is 9.91. The number of fused-ring (bicyclic) bond motifs is 1. The molecule has 1 aliphatic carbocycles. The molecule has 2 aromatic rings. The van der Waals surface area contributed by atoms with E-state index in [1.807, 2.05) is 6.07 Å². The summed E-state index contributed by atoms with van der Waals surface area (Å²) in [6, 6.07) is 8.88. The maximum absolute atomic E-state index is 12.1. The lowest BCUT2D eigenvalue weighted by Crippen LogP contribution is -2.17. The minimum absolute atomic E-state index is 0.228. The summed E-state index contributed by atoms with van der Waals surface area (Å²) in [6.45, 7) is 0. The lowest BCUT2D eigenvalue weighted by molar-refractivity contribution is -0.139. The molecule has 0 aliphatic heterocycles. The fraction of sp³-hybridized carbons (Fsp3) is 0.267. The van der Waals surface area contributed by atoms with E-state index in [1.54, 1.807) is 24.3 Å². The number of amides is 1. The third kappa shape index (κ3) is 2.80. The number of hydrogen-bond acceptors (Lipinski definition) is 4. The van der Waals surface area contributed by atoms with Gasteiger partial charge in [0, 0.05) is 10.4 Å². The highest BCUT2D eigenvalue weighted by Crippen LogP contribution is 2.36. The largest absolute Gasteiger partial charge is 0.481 e. The Bertz CT molecular complexity index is 681. The van der Waals surface area contributed by atoms with E-state index in [1.165, 1.54) is 11.3 Å². The van der Waals surface area contributed by atoms with Crippen LogP contribution in [-0.4, -0.2) is 22.0 Å². The number of carbonyl (C=O) groups is 2. The van der Waals surface area contributed by atoms with E-state index in [2.05, 4.69) is 10.3 Å². The molecule has 5 nitrogen and oxygen atoms in total. The Balaban J connectivity index is 1.82. The molecule has 0 fully saturated rings. The van der Waals surface area contributed by atoms with Crippen molar-refractivity contribution in [3.63, 3.8) is 0 Å². The molecule has 21 heavy (non-hydrogen) atoms. The molecule has 1 amide bonds. The van der Waals surface area contributed by atoms with Crippen LogP contribution in [0.2, 0.25) is 0 Å². The molecular formula is C15H14N2O3S. The van der Waals surface area contributed by atoms with Gasteiger partial charge in [0.05, 0.1) is 5.69 Å². The quantitative estimate of drug-likeness (QED) is 0.913. The molecule has 0 spiro atoms. The molecule has 1 aromatic carbocycles. The zero-order chi connectivity index (χ0) is 14.8. The first-order valence-electron chi connectivity index (χ1n) is 6.74. The van der Waals surface area contributed by atoms with Crippen molar-refractivity contribution in [2.24, 2.45) is 0 Å². The molecule has 1 aromatic heterocycles. The molecule has 0 saturated heterocycles. The fourth-order valence-corrected chi connectivity index (χ4v) is 3.53. The highest BCUT2D eigenvalue weighted by Gasteiger charge is 2.30. The van der Waals surface area contributed by atoms with E-state index < -0.39 is 11.9 Å². The van der Waals surface area contributed by atoms with Crippen molar-refractivity contribution in [3.05, 3.63) is 46.5 Å². The summed E-state index contributed by atoms with van der Waals surface area (Å²) >= 11 is 1.37. The Morgan fingerprint density at radius 3 is 2.76 bits per heavy atom. The van der Waals surface area contributed by atoms with Crippen LogP contribution in [-0.2, 0) is 11.2 Å². The molecular weight excluding hydrogens is 288 g/mol. The Morgan fingerprint density at radius 1 is 1.29 bits per heavy atom. The summed E-state index contributed by atoms with van der Waals surface area (Å²) in [7, 11) is 0. The van der Waals surface area contributed by atoms with Crippen LogP contribution in [0.5, 0.6) is 0 Å². The normalized spacial score (nSPS) is 17.0. The topological polar surface area (TPSA) is 79.3 Å². The summed E-state index contributed by atoms with van der Waals surface area (Å²) in [5.41, 5.74) is 1.17. The van der Waals surface area contributed by atoms with Crippen molar-refractivity contribution in [2.75, 3.05) is 5.32 Å². The minimum atomic E-state index is -0.845. The molecule has 6 heteroatoms. The number of aromatic nitrogens is 1. The van der Waals surface area contributed by atoms with E-state index in [0.29, 0.717) is 22.8 Å². The Hall–Kier alpha value is -2.21. The average Bonchev–Trinajstić information content (AvgIpc) is 2.89. The van der Waals surface area contributed by atoms with Crippen LogP contribution < -0.4 is 5.32 Å². The highest BCUT2D eigenvalue weighted by atomic mass is 32.1. The van der Waals surface area contributed by atoms with Crippen molar-refractivity contribution >= 4 is 28.3 Å². The second kappa shape index (κ2) is 5.65. The first kappa shape index (κ1) is 13.8. The van der Waals surface area contributed by atoms with Crippen LogP contribution in [0.1, 0.15) is 39.7 Å². The SMILES string of the molecule is O=C(Nc1nc2c(s1)CCC[C@@H]2C(=O)O)c1ccccc1. The smallest absolute Gasteiger partial charge is 0.312 e. The Labute approximate surface area is 125 Å². The van der Waals surface area contributed by atoms with Crippen LogP contribution in [0.25, 0.3) is 0 Å². The Kier molecular flexibility index (Phi) is 3.70. The van der Waals surface area contributed by atoms with E-state index >= 15 is 0 Å². The fourth-order valence-electron chi connectivity index (χ4n) is 2.47. The number of aliphatic carboxylic acids is 1. The third-order valence-electron chi connectivity index (χ3n) is 3.51. The number of rotatable bonds is 3. The van der Waals surface area contributed by atoms with Gasteiger partial charge >= 0.3 is 5.97 Å². The van der Waals surface area contributed by atoms with Gasteiger partial charge in [0.15, 0.2) is 5.13 Å². The predicted octanol–water partition coefficient (Wildman–Crippen LogP) is 2.90. The number of aryl methyl sites for hydroxylation is 1. The molecule has 0 unspecified atom stereocenters. The Morgan fingerprint density at radius 2 is 2.05 bits per heavy atom. The lowest BCUT2D eigenvalue weighted by Gasteiger charge is -2.16. The summed E-state index contributed by atoms with van der Waals surface area (Å²) in [6.07, 6.45) is 2.29. The van der Waals surface area contributed by atoms with Gasteiger partial charge in [-0.15, -0.1) is 11.3 Å². The summed E-state index contributed by atoms with van der Waals surface area (Å²) < 4.78 is 0. The van der Waals surface area contributed by atoms with Crippen LogP contribution in [0.3, 0.4) is 0 Å². The number of carboxylic acids is 1. The number of carbonyl (C=O) groups excluding carboxylic acids is 1. The standard InChI is InChI=1S/C15H14N2O3S/c18-13(9-5-2-1-3-6-9)17-15-16-12-10(14(19)20)7-4-8-11(12)21-15/h1-3,5-6,10H,4,7-8H2,(H,19,20)(H,16,17,18)/t10-/m0/s1.